The van der Waals surface area contributed by atoms with E-state index in [9.17, 15) is 9.41 Å². The fraction of sp³-hybridized carbons (Fsp3) is 0.250. The maximum Gasteiger partial charge on any atom is 0.324 e. The molecule has 1 rings (SSSR count). The molecule has 0 saturated heterocycles. The number of rotatable bonds is 2. The lowest BCUT2D eigenvalue weighted by Crippen LogP contribution is -2.27. The van der Waals surface area contributed by atoms with Crippen molar-refractivity contribution in [3.05, 3.63) is 24.0 Å². The lowest BCUT2D eigenvalue weighted by Gasteiger charge is -2.07. The predicted octanol–water partition coefficient (Wildman–Crippen LogP) is 0.655. The Hall–Kier alpha value is -1.03. The first-order valence-corrected chi connectivity index (χ1v) is 3.66. The van der Waals surface area contributed by atoms with Crippen molar-refractivity contribution in [3.63, 3.8) is 0 Å². The van der Waals surface area contributed by atoms with Crippen LogP contribution in [0, 0.1) is 5.82 Å². The van der Waals surface area contributed by atoms with Crippen LogP contribution in [-0.2, 0) is 0 Å². The van der Waals surface area contributed by atoms with Gasteiger partial charge in [-0.15, -0.1) is 0 Å². The number of hydrogen-bond donors (Lipinski definition) is 1. The maximum atomic E-state index is 12.6. The zero-order chi connectivity index (χ0) is 9.14. The van der Waals surface area contributed by atoms with E-state index in [0.29, 0.717) is 11.2 Å². The van der Waals surface area contributed by atoms with Crippen LogP contribution in [-0.4, -0.2) is 19.0 Å². The molecule has 0 aliphatic carbocycles. The molecule has 0 unspecified atom stereocenters. The first kappa shape index (κ1) is 9.07. The van der Waals surface area contributed by atoms with E-state index in [-0.39, 0.29) is 5.82 Å². The molecule has 0 amide bonds. The summed E-state index contributed by atoms with van der Waals surface area (Å²) in [6.45, 7) is 0.969. The van der Waals surface area contributed by atoms with Gasteiger partial charge in [-0.25, -0.2) is 4.39 Å². The smallest absolute Gasteiger partial charge is 0.324 e. The highest BCUT2D eigenvalue weighted by molar-refractivity contribution is 6.65. The molecule has 0 fully saturated rings. The lowest BCUT2D eigenvalue weighted by atomic mass is 9.64. The summed E-state index contributed by atoms with van der Waals surface area (Å²) in [4.78, 5) is 0. The molecule has 2 nitrogen and oxygen atoms in total. The number of hydrogen-bond acceptors (Lipinski definition) is 2. The fourth-order valence-electron chi connectivity index (χ4n) is 1.03. The molecule has 0 heterocycles. The Morgan fingerprint density at radius 1 is 1.50 bits per heavy atom. The molecule has 4 heteroatoms. The Bertz CT molecular complexity index is 276. The van der Waals surface area contributed by atoms with Crippen LogP contribution in [0.5, 0.6) is 5.75 Å². The van der Waals surface area contributed by atoms with Crippen LogP contribution in [0.15, 0.2) is 18.2 Å². The Kier molecular flexibility index (Phi) is 2.71. The molecular formula is C8H10BFO2. The Labute approximate surface area is 71.1 Å². The van der Waals surface area contributed by atoms with E-state index < -0.39 is 6.92 Å². The van der Waals surface area contributed by atoms with Crippen molar-refractivity contribution in [1.82, 2.24) is 0 Å². The molecule has 0 bridgehead atoms. The molecule has 0 atom stereocenters. The molecule has 0 radical (unpaired) electrons. The minimum Gasteiger partial charge on any atom is -0.497 e. The summed E-state index contributed by atoms with van der Waals surface area (Å²) < 4.78 is 17.5. The van der Waals surface area contributed by atoms with Crippen molar-refractivity contribution < 1.29 is 14.2 Å². The number of ether oxygens (including phenoxy) is 1. The van der Waals surface area contributed by atoms with Gasteiger partial charge in [0.25, 0.3) is 0 Å². The van der Waals surface area contributed by atoms with Crippen molar-refractivity contribution >= 4 is 12.4 Å². The van der Waals surface area contributed by atoms with Crippen LogP contribution >= 0.6 is 0 Å². The molecule has 0 saturated carbocycles. The van der Waals surface area contributed by atoms with Crippen molar-refractivity contribution in [2.24, 2.45) is 0 Å². The SMILES string of the molecule is COc1cc(F)ccc1B(C)O. The number of methoxy groups -OCH3 is 1. The molecule has 0 aliphatic heterocycles. The number of halogens is 1. The lowest BCUT2D eigenvalue weighted by molar-refractivity contribution is 0.413. The van der Waals surface area contributed by atoms with Crippen molar-refractivity contribution in [2.75, 3.05) is 7.11 Å². The Morgan fingerprint density at radius 2 is 2.17 bits per heavy atom. The molecular weight excluding hydrogens is 158 g/mol. The van der Waals surface area contributed by atoms with Gasteiger partial charge in [-0.3, -0.25) is 0 Å². The van der Waals surface area contributed by atoms with E-state index in [0.717, 1.165) is 0 Å². The van der Waals surface area contributed by atoms with Gasteiger partial charge in [0.1, 0.15) is 11.6 Å². The molecule has 1 N–H and O–H groups in total. The minimum absolute atomic E-state index is 0.365. The van der Waals surface area contributed by atoms with E-state index in [4.69, 9.17) is 4.74 Å². The topological polar surface area (TPSA) is 29.5 Å². The Morgan fingerprint density at radius 3 is 2.67 bits per heavy atom. The van der Waals surface area contributed by atoms with Crippen LogP contribution < -0.4 is 10.2 Å². The second kappa shape index (κ2) is 3.58. The minimum atomic E-state index is -0.638. The van der Waals surface area contributed by atoms with Crippen LogP contribution in [0.1, 0.15) is 0 Å². The highest BCUT2D eigenvalue weighted by Gasteiger charge is 2.12. The molecule has 64 valence electrons. The van der Waals surface area contributed by atoms with Gasteiger partial charge in [0, 0.05) is 6.07 Å². The second-order valence-electron chi connectivity index (χ2n) is 2.56. The van der Waals surface area contributed by atoms with E-state index in [1.54, 1.807) is 6.82 Å². The molecule has 0 aliphatic rings. The van der Waals surface area contributed by atoms with Crippen molar-refractivity contribution in [3.8, 4) is 5.75 Å². The summed E-state index contributed by atoms with van der Waals surface area (Å²) >= 11 is 0. The zero-order valence-corrected chi connectivity index (χ0v) is 7.04. The largest absolute Gasteiger partial charge is 0.497 e. The monoisotopic (exact) mass is 168 g/mol. The molecule has 12 heavy (non-hydrogen) atoms. The summed E-state index contributed by atoms with van der Waals surface area (Å²) in [5, 5.41) is 9.22. The van der Waals surface area contributed by atoms with Gasteiger partial charge in [-0.1, -0.05) is 12.9 Å². The molecule has 1 aromatic rings. The van der Waals surface area contributed by atoms with Gasteiger partial charge in [-0.05, 0) is 11.5 Å². The quantitative estimate of drug-likeness (QED) is 0.657. The van der Waals surface area contributed by atoms with Crippen molar-refractivity contribution in [1.29, 1.82) is 0 Å². The summed E-state index contributed by atoms with van der Waals surface area (Å²) in [5.41, 5.74) is 0.596. The molecule has 1 aromatic carbocycles. The normalized spacial score (nSPS) is 9.67. The van der Waals surface area contributed by atoms with Crippen molar-refractivity contribution in [2.45, 2.75) is 6.82 Å². The highest BCUT2D eigenvalue weighted by Crippen LogP contribution is 2.09. The summed E-state index contributed by atoms with van der Waals surface area (Å²) in [7, 11) is 1.45. The van der Waals surface area contributed by atoms with E-state index in [2.05, 4.69) is 0 Å². The van der Waals surface area contributed by atoms with Gasteiger partial charge >= 0.3 is 6.92 Å². The van der Waals surface area contributed by atoms with Gasteiger partial charge < -0.3 is 9.76 Å². The standard InChI is InChI=1S/C8H10BFO2/c1-9(11)7-4-3-6(10)5-8(7)12-2/h3-5,11H,1-2H3. The van der Waals surface area contributed by atoms with E-state index in [1.165, 1.54) is 25.3 Å². The molecule has 0 spiro atoms. The van der Waals surface area contributed by atoms with E-state index in [1.807, 2.05) is 0 Å². The highest BCUT2D eigenvalue weighted by atomic mass is 19.1. The third kappa shape index (κ3) is 1.77. The van der Waals surface area contributed by atoms with Crippen LogP contribution in [0.25, 0.3) is 0 Å². The van der Waals surface area contributed by atoms with E-state index >= 15 is 0 Å². The predicted molar refractivity (Wildman–Crippen MR) is 46.4 cm³/mol. The van der Waals surface area contributed by atoms with Crippen LogP contribution in [0.2, 0.25) is 6.82 Å². The Balaban J connectivity index is 3.11. The first-order valence-electron chi connectivity index (χ1n) is 3.66. The third-order valence-corrected chi connectivity index (χ3v) is 1.65. The summed E-state index contributed by atoms with van der Waals surface area (Å²) in [6.07, 6.45) is 0. The fourth-order valence-corrected chi connectivity index (χ4v) is 1.03. The second-order valence-corrected chi connectivity index (χ2v) is 2.56. The summed E-state index contributed by atoms with van der Waals surface area (Å²) in [5.74, 6) is 0.0150. The summed E-state index contributed by atoms with van der Waals surface area (Å²) in [6, 6.07) is 4.06. The average molecular weight is 168 g/mol. The number of benzene rings is 1. The molecule has 0 aromatic heterocycles. The van der Waals surface area contributed by atoms with Gasteiger partial charge in [0.15, 0.2) is 0 Å². The van der Waals surface area contributed by atoms with Crippen LogP contribution in [0.4, 0.5) is 4.39 Å². The third-order valence-electron chi connectivity index (χ3n) is 1.65. The first-order chi connectivity index (χ1) is 5.65. The van der Waals surface area contributed by atoms with Gasteiger partial charge in [0.05, 0.1) is 7.11 Å². The van der Waals surface area contributed by atoms with Gasteiger partial charge in [-0.2, -0.15) is 0 Å². The maximum absolute atomic E-state index is 12.6. The van der Waals surface area contributed by atoms with Gasteiger partial charge in [0.2, 0.25) is 0 Å². The van der Waals surface area contributed by atoms with Crippen LogP contribution in [0.3, 0.4) is 0 Å². The average Bonchev–Trinajstić information content (AvgIpc) is 2.03. The zero-order valence-electron chi connectivity index (χ0n) is 7.04.